The number of benzene rings is 1. The molecule has 0 bridgehead atoms. The van der Waals surface area contributed by atoms with E-state index in [1.165, 1.54) is 12.1 Å². The lowest BCUT2D eigenvalue weighted by Gasteiger charge is -2.22. The molecule has 0 radical (unpaired) electrons. The first-order chi connectivity index (χ1) is 10.1. The van der Waals surface area contributed by atoms with Crippen LogP contribution in [0.4, 0.5) is 15.8 Å². The van der Waals surface area contributed by atoms with Crippen LogP contribution >= 0.6 is 0 Å². The summed E-state index contributed by atoms with van der Waals surface area (Å²) in [4.78, 5) is 6.18. The monoisotopic (exact) mass is 287 g/mol. The molecule has 0 aliphatic heterocycles. The topological polar surface area (TPSA) is 28.2 Å². The Hall–Kier alpha value is -1.94. The van der Waals surface area contributed by atoms with E-state index in [1.807, 2.05) is 30.3 Å². The first-order valence-corrected chi connectivity index (χ1v) is 7.21. The van der Waals surface area contributed by atoms with Crippen LogP contribution in [0.2, 0.25) is 0 Å². The lowest BCUT2D eigenvalue weighted by atomic mass is 10.1. The van der Waals surface area contributed by atoms with Crippen LogP contribution in [0.25, 0.3) is 0 Å². The van der Waals surface area contributed by atoms with Gasteiger partial charge < -0.3 is 10.2 Å². The van der Waals surface area contributed by atoms with Crippen LogP contribution in [0.15, 0.2) is 42.7 Å². The van der Waals surface area contributed by atoms with Gasteiger partial charge in [0.15, 0.2) is 0 Å². The van der Waals surface area contributed by atoms with Gasteiger partial charge in [-0.05, 0) is 36.7 Å². The van der Waals surface area contributed by atoms with Gasteiger partial charge in [-0.25, -0.2) is 4.39 Å². The van der Waals surface area contributed by atoms with E-state index < -0.39 is 0 Å². The quantitative estimate of drug-likeness (QED) is 0.877. The number of pyridine rings is 1. The largest absolute Gasteiger partial charge is 0.344 e. The van der Waals surface area contributed by atoms with Crippen molar-refractivity contribution in [2.75, 3.05) is 18.5 Å². The Morgan fingerprint density at radius 1 is 1.29 bits per heavy atom. The minimum atomic E-state index is -0.229. The second kappa shape index (κ2) is 7.18. The van der Waals surface area contributed by atoms with E-state index in [4.69, 9.17) is 0 Å². The van der Waals surface area contributed by atoms with Gasteiger partial charge in [-0.2, -0.15) is 0 Å². The second-order valence-electron chi connectivity index (χ2n) is 5.57. The fraction of sp³-hybridized carbons (Fsp3) is 0.353. The molecule has 0 saturated carbocycles. The van der Waals surface area contributed by atoms with Gasteiger partial charge in [-0.1, -0.05) is 19.9 Å². The molecule has 3 nitrogen and oxygen atoms in total. The van der Waals surface area contributed by atoms with Crippen LogP contribution < -0.4 is 10.2 Å². The molecule has 0 spiro atoms. The SMILES string of the molecule is CC(C)CNCc1cnccc1N(C)c1cccc(F)c1. The Morgan fingerprint density at radius 3 is 2.81 bits per heavy atom. The first-order valence-electron chi connectivity index (χ1n) is 7.21. The summed E-state index contributed by atoms with van der Waals surface area (Å²) in [5.74, 6) is 0.374. The maximum atomic E-state index is 13.4. The van der Waals surface area contributed by atoms with Gasteiger partial charge in [-0.3, -0.25) is 4.98 Å². The Labute approximate surface area is 125 Å². The van der Waals surface area contributed by atoms with E-state index in [0.717, 1.165) is 30.0 Å². The number of nitrogens with one attached hydrogen (secondary N) is 1. The van der Waals surface area contributed by atoms with Gasteiger partial charge in [0.2, 0.25) is 0 Å². The smallest absolute Gasteiger partial charge is 0.125 e. The van der Waals surface area contributed by atoms with Crippen molar-refractivity contribution in [1.82, 2.24) is 10.3 Å². The summed E-state index contributed by atoms with van der Waals surface area (Å²) < 4.78 is 13.4. The molecular formula is C17H22FN3. The molecule has 0 fully saturated rings. The third-order valence-corrected chi connectivity index (χ3v) is 3.30. The van der Waals surface area contributed by atoms with E-state index >= 15 is 0 Å². The molecule has 112 valence electrons. The lowest BCUT2D eigenvalue weighted by molar-refractivity contribution is 0.552. The Kier molecular flexibility index (Phi) is 5.28. The van der Waals surface area contributed by atoms with E-state index in [0.29, 0.717) is 5.92 Å². The average Bonchev–Trinajstić information content (AvgIpc) is 2.47. The van der Waals surface area contributed by atoms with E-state index in [2.05, 4.69) is 24.1 Å². The molecule has 2 aromatic rings. The standard InChI is InChI=1S/C17H22FN3/c1-13(2)10-20-12-14-11-19-8-7-17(14)21(3)16-6-4-5-15(18)9-16/h4-9,11,13,20H,10,12H2,1-3H3. The number of aromatic nitrogens is 1. The van der Waals surface area contributed by atoms with Crippen molar-refractivity contribution in [3.05, 3.63) is 54.1 Å². The summed E-state index contributed by atoms with van der Waals surface area (Å²) in [5.41, 5.74) is 2.96. The molecule has 0 amide bonds. The maximum absolute atomic E-state index is 13.4. The van der Waals surface area contributed by atoms with Crippen molar-refractivity contribution in [2.45, 2.75) is 20.4 Å². The van der Waals surface area contributed by atoms with Gasteiger partial charge in [0, 0.05) is 42.9 Å². The number of nitrogens with zero attached hydrogens (tertiary/aromatic N) is 2. The minimum Gasteiger partial charge on any atom is -0.344 e. The molecule has 0 aliphatic rings. The molecular weight excluding hydrogens is 265 g/mol. The first kappa shape index (κ1) is 15.4. The van der Waals surface area contributed by atoms with Gasteiger partial charge >= 0.3 is 0 Å². The van der Waals surface area contributed by atoms with E-state index in [1.54, 1.807) is 12.3 Å². The molecule has 1 aromatic carbocycles. The number of rotatable bonds is 6. The summed E-state index contributed by atoms with van der Waals surface area (Å²) in [6.07, 6.45) is 3.62. The van der Waals surface area contributed by atoms with Gasteiger partial charge in [0.05, 0.1) is 0 Å². The van der Waals surface area contributed by atoms with E-state index in [9.17, 15) is 4.39 Å². The second-order valence-corrected chi connectivity index (χ2v) is 5.57. The highest BCUT2D eigenvalue weighted by Gasteiger charge is 2.10. The minimum absolute atomic E-state index is 0.229. The van der Waals surface area contributed by atoms with Gasteiger partial charge in [0.25, 0.3) is 0 Å². The Balaban J connectivity index is 2.18. The van der Waals surface area contributed by atoms with Crippen LogP contribution in [-0.2, 0) is 6.54 Å². The highest BCUT2D eigenvalue weighted by Crippen LogP contribution is 2.26. The molecule has 2 rings (SSSR count). The molecule has 0 saturated heterocycles. The number of hydrogen-bond donors (Lipinski definition) is 1. The molecule has 0 unspecified atom stereocenters. The van der Waals surface area contributed by atoms with Crippen molar-refractivity contribution in [2.24, 2.45) is 5.92 Å². The summed E-state index contributed by atoms with van der Waals surface area (Å²) in [7, 11) is 1.94. The molecule has 1 heterocycles. The Morgan fingerprint density at radius 2 is 2.10 bits per heavy atom. The highest BCUT2D eigenvalue weighted by molar-refractivity contribution is 5.65. The summed E-state index contributed by atoms with van der Waals surface area (Å²) in [6.45, 7) is 6.06. The van der Waals surface area contributed by atoms with Crippen molar-refractivity contribution in [3.8, 4) is 0 Å². The van der Waals surface area contributed by atoms with Crippen molar-refractivity contribution in [3.63, 3.8) is 0 Å². The number of anilines is 2. The van der Waals surface area contributed by atoms with Crippen LogP contribution in [0, 0.1) is 11.7 Å². The maximum Gasteiger partial charge on any atom is 0.125 e. The van der Waals surface area contributed by atoms with Crippen molar-refractivity contribution < 1.29 is 4.39 Å². The average molecular weight is 287 g/mol. The summed E-state index contributed by atoms with van der Waals surface area (Å²) in [5, 5.41) is 3.42. The van der Waals surface area contributed by atoms with E-state index in [-0.39, 0.29) is 5.82 Å². The van der Waals surface area contributed by atoms with Crippen LogP contribution in [-0.4, -0.2) is 18.6 Å². The number of hydrogen-bond acceptors (Lipinski definition) is 3. The number of halogens is 1. The van der Waals surface area contributed by atoms with Gasteiger partial charge in [0.1, 0.15) is 5.82 Å². The van der Waals surface area contributed by atoms with Crippen molar-refractivity contribution >= 4 is 11.4 Å². The summed E-state index contributed by atoms with van der Waals surface area (Å²) in [6, 6.07) is 8.56. The predicted octanol–water partition coefficient (Wildman–Crippen LogP) is 3.73. The van der Waals surface area contributed by atoms with Crippen LogP contribution in [0.5, 0.6) is 0 Å². The molecule has 21 heavy (non-hydrogen) atoms. The molecule has 0 aliphatic carbocycles. The summed E-state index contributed by atoms with van der Waals surface area (Å²) >= 11 is 0. The van der Waals surface area contributed by atoms with Gasteiger partial charge in [-0.15, -0.1) is 0 Å². The fourth-order valence-corrected chi connectivity index (χ4v) is 2.20. The predicted molar refractivity (Wildman–Crippen MR) is 85.2 cm³/mol. The Bertz CT molecular complexity index is 584. The zero-order chi connectivity index (χ0) is 15.2. The zero-order valence-electron chi connectivity index (χ0n) is 12.8. The normalized spacial score (nSPS) is 10.9. The molecule has 0 atom stereocenters. The molecule has 1 N–H and O–H groups in total. The highest BCUT2D eigenvalue weighted by atomic mass is 19.1. The van der Waals surface area contributed by atoms with Crippen LogP contribution in [0.3, 0.4) is 0 Å². The van der Waals surface area contributed by atoms with Crippen LogP contribution in [0.1, 0.15) is 19.4 Å². The third kappa shape index (κ3) is 4.26. The third-order valence-electron chi connectivity index (χ3n) is 3.30. The molecule has 1 aromatic heterocycles. The van der Waals surface area contributed by atoms with Crippen molar-refractivity contribution in [1.29, 1.82) is 0 Å². The lowest BCUT2D eigenvalue weighted by Crippen LogP contribution is -2.21. The zero-order valence-corrected chi connectivity index (χ0v) is 12.8. The molecule has 4 heteroatoms. The fourth-order valence-electron chi connectivity index (χ4n) is 2.20.